The Hall–Kier alpha value is -3.72. The minimum Gasteiger partial charge on any atom is -0.466 e. The minimum atomic E-state index is -0.971. The second-order valence-corrected chi connectivity index (χ2v) is 6.95. The van der Waals surface area contributed by atoms with Crippen LogP contribution in [0.15, 0.2) is 57.7 Å². The fourth-order valence-corrected chi connectivity index (χ4v) is 3.16. The van der Waals surface area contributed by atoms with E-state index in [4.69, 9.17) is 20.8 Å². The number of carbonyl (C=O) groups is 2. The first-order valence-electron chi connectivity index (χ1n) is 9.22. The second kappa shape index (κ2) is 9.40. The highest BCUT2D eigenvalue weighted by molar-refractivity contribution is 6.31. The number of carbonyl (C=O) groups excluding carboxylic acids is 2. The molecule has 0 saturated carbocycles. The monoisotopic (exact) mass is 444 g/mol. The predicted octanol–water partition coefficient (Wildman–Crippen LogP) is 3.78. The van der Waals surface area contributed by atoms with Gasteiger partial charge in [-0.05, 0) is 36.8 Å². The molecule has 2 aromatic carbocycles. The molecule has 1 amide bonds. The Morgan fingerprint density at radius 3 is 2.71 bits per heavy atom. The van der Waals surface area contributed by atoms with Gasteiger partial charge in [-0.1, -0.05) is 23.7 Å². The smallest absolute Gasteiger partial charge is 0.349 e. The van der Waals surface area contributed by atoms with E-state index in [1.54, 1.807) is 13.0 Å². The molecule has 0 saturated heterocycles. The quantitative estimate of drug-likeness (QED) is 0.254. The number of amides is 1. The molecule has 1 atom stereocenters. The van der Waals surface area contributed by atoms with Crippen LogP contribution in [0, 0.1) is 10.1 Å². The molecule has 0 bridgehead atoms. The number of nitro benzene ring substituents is 1. The molecule has 0 radical (unpaired) electrons. The summed E-state index contributed by atoms with van der Waals surface area (Å²) in [5, 5.41) is 14.5. The average Bonchev–Trinajstić information content (AvgIpc) is 2.73. The fraction of sp³-hybridized carbons (Fsp3) is 0.190. The molecule has 0 spiro atoms. The maximum atomic E-state index is 12.8. The van der Waals surface area contributed by atoms with Gasteiger partial charge in [0, 0.05) is 22.5 Å². The van der Waals surface area contributed by atoms with Gasteiger partial charge in [-0.3, -0.25) is 19.7 Å². The van der Waals surface area contributed by atoms with Crippen molar-refractivity contribution in [1.29, 1.82) is 0 Å². The topological polar surface area (TPSA) is 129 Å². The molecule has 0 fully saturated rings. The van der Waals surface area contributed by atoms with Crippen LogP contribution in [0.2, 0.25) is 5.02 Å². The number of halogens is 1. The summed E-state index contributed by atoms with van der Waals surface area (Å²) in [6, 6.07) is 10.4. The number of nitrogens with zero attached hydrogens (tertiary/aromatic N) is 1. The Kier molecular flexibility index (Phi) is 6.66. The Balaban J connectivity index is 1.96. The third kappa shape index (κ3) is 5.26. The van der Waals surface area contributed by atoms with Crippen LogP contribution in [0.1, 0.15) is 35.3 Å². The summed E-state index contributed by atoms with van der Waals surface area (Å²) < 4.78 is 10.1. The fourth-order valence-electron chi connectivity index (χ4n) is 2.98. The number of fused-ring (bicyclic) bond motifs is 1. The molecule has 3 rings (SSSR count). The van der Waals surface area contributed by atoms with Crippen LogP contribution in [-0.2, 0) is 9.53 Å². The van der Waals surface area contributed by atoms with Gasteiger partial charge in [0.05, 0.1) is 24.0 Å². The molecular formula is C21H17ClN2O7. The van der Waals surface area contributed by atoms with E-state index >= 15 is 0 Å². The number of hydrogen-bond donors (Lipinski definition) is 1. The first-order chi connectivity index (χ1) is 14.8. The molecule has 1 heterocycles. The highest BCUT2D eigenvalue weighted by Gasteiger charge is 2.24. The van der Waals surface area contributed by atoms with Crippen LogP contribution in [0.4, 0.5) is 5.69 Å². The molecule has 1 unspecified atom stereocenters. The minimum absolute atomic E-state index is 0.128. The van der Waals surface area contributed by atoms with Gasteiger partial charge < -0.3 is 14.5 Å². The Bertz CT molecular complexity index is 1220. The largest absolute Gasteiger partial charge is 0.466 e. The summed E-state index contributed by atoms with van der Waals surface area (Å²) in [6.07, 6.45) is -0.286. The lowest BCUT2D eigenvalue weighted by Gasteiger charge is -2.18. The highest BCUT2D eigenvalue weighted by Crippen LogP contribution is 2.23. The van der Waals surface area contributed by atoms with E-state index in [1.165, 1.54) is 42.5 Å². The maximum absolute atomic E-state index is 12.8. The number of ether oxygens (including phenoxy) is 1. The van der Waals surface area contributed by atoms with Crippen molar-refractivity contribution in [2.75, 3.05) is 6.61 Å². The first kappa shape index (κ1) is 22.0. The van der Waals surface area contributed by atoms with Gasteiger partial charge >= 0.3 is 11.6 Å². The van der Waals surface area contributed by atoms with Crippen LogP contribution in [0.3, 0.4) is 0 Å². The molecule has 1 N–H and O–H groups in total. The molecular weight excluding hydrogens is 428 g/mol. The lowest BCUT2D eigenvalue weighted by Crippen LogP contribution is -2.33. The van der Waals surface area contributed by atoms with E-state index in [2.05, 4.69) is 5.32 Å². The van der Waals surface area contributed by atoms with E-state index in [1.807, 2.05) is 0 Å². The first-order valence-corrected chi connectivity index (χ1v) is 9.60. The van der Waals surface area contributed by atoms with E-state index < -0.39 is 28.5 Å². The molecule has 9 nitrogen and oxygen atoms in total. The number of non-ortho nitro benzene ring substituents is 1. The van der Waals surface area contributed by atoms with Crippen LogP contribution in [0.25, 0.3) is 11.0 Å². The third-order valence-electron chi connectivity index (χ3n) is 4.40. The Labute approximate surface area is 180 Å². The summed E-state index contributed by atoms with van der Waals surface area (Å²) in [7, 11) is 0. The van der Waals surface area contributed by atoms with Crippen LogP contribution < -0.4 is 10.9 Å². The molecule has 0 aliphatic carbocycles. The van der Waals surface area contributed by atoms with Gasteiger partial charge in [-0.15, -0.1) is 0 Å². The highest BCUT2D eigenvalue weighted by atomic mass is 35.5. The number of benzene rings is 2. The molecule has 31 heavy (non-hydrogen) atoms. The van der Waals surface area contributed by atoms with E-state index in [0.29, 0.717) is 16.0 Å². The van der Waals surface area contributed by atoms with Gasteiger partial charge in [0.1, 0.15) is 11.1 Å². The van der Waals surface area contributed by atoms with Crippen molar-refractivity contribution in [3.63, 3.8) is 0 Å². The van der Waals surface area contributed by atoms with Crippen LogP contribution in [-0.4, -0.2) is 23.4 Å². The maximum Gasteiger partial charge on any atom is 0.349 e. The van der Waals surface area contributed by atoms with Crippen molar-refractivity contribution < 1.29 is 23.7 Å². The number of hydrogen-bond acceptors (Lipinski definition) is 7. The number of rotatable bonds is 7. The van der Waals surface area contributed by atoms with Crippen LogP contribution in [0.5, 0.6) is 0 Å². The molecule has 0 aliphatic rings. The van der Waals surface area contributed by atoms with E-state index in [-0.39, 0.29) is 29.9 Å². The summed E-state index contributed by atoms with van der Waals surface area (Å²) >= 11 is 5.96. The molecule has 1 aromatic heterocycles. The number of nitrogens with one attached hydrogen (secondary N) is 1. The van der Waals surface area contributed by atoms with Gasteiger partial charge in [-0.25, -0.2) is 4.79 Å². The van der Waals surface area contributed by atoms with Gasteiger partial charge in [-0.2, -0.15) is 0 Å². The lowest BCUT2D eigenvalue weighted by molar-refractivity contribution is -0.384. The van der Waals surface area contributed by atoms with Crippen molar-refractivity contribution in [2.24, 2.45) is 0 Å². The lowest BCUT2D eigenvalue weighted by atomic mass is 10.0. The van der Waals surface area contributed by atoms with Gasteiger partial charge in [0.25, 0.3) is 11.6 Å². The average molecular weight is 445 g/mol. The van der Waals surface area contributed by atoms with Crippen molar-refractivity contribution in [3.05, 3.63) is 85.2 Å². The number of esters is 1. The second-order valence-electron chi connectivity index (χ2n) is 6.52. The zero-order valence-corrected chi connectivity index (χ0v) is 17.0. The predicted molar refractivity (Wildman–Crippen MR) is 112 cm³/mol. The zero-order valence-electron chi connectivity index (χ0n) is 16.3. The molecule has 10 heteroatoms. The SMILES string of the molecule is CCOC(=O)CC(NC(=O)c1cc2cc(Cl)ccc2oc1=O)c1cccc([N+](=O)[O-])c1. The van der Waals surface area contributed by atoms with Gasteiger partial charge in [0.15, 0.2) is 0 Å². The van der Waals surface area contributed by atoms with E-state index in [0.717, 1.165) is 0 Å². The zero-order chi connectivity index (χ0) is 22.5. The Morgan fingerprint density at radius 2 is 2.00 bits per heavy atom. The summed E-state index contributed by atoms with van der Waals surface area (Å²) in [5.41, 5.74) is -0.813. The van der Waals surface area contributed by atoms with Gasteiger partial charge in [0.2, 0.25) is 0 Å². The molecule has 160 valence electrons. The third-order valence-corrected chi connectivity index (χ3v) is 4.64. The summed E-state index contributed by atoms with van der Waals surface area (Å²) in [5.74, 6) is -1.42. The van der Waals surface area contributed by atoms with Crippen molar-refractivity contribution in [1.82, 2.24) is 5.32 Å². The Morgan fingerprint density at radius 1 is 1.23 bits per heavy atom. The molecule has 3 aromatic rings. The standard InChI is InChI=1S/C21H17ClN2O7/c1-2-30-19(25)11-17(12-4-3-5-15(9-12)24(28)29)23-20(26)16-10-13-8-14(22)6-7-18(13)31-21(16)27/h3-10,17H,2,11H2,1H3,(H,23,26). The summed E-state index contributed by atoms with van der Waals surface area (Å²) in [4.78, 5) is 47.7. The summed E-state index contributed by atoms with van der Waals surface area (Å²) in [6.45, 7) is 1.76. The van der Waals surface area contributed by atoms with Crippen molar-refractivity contribution in [3.8, 4) is 0 Å². The number of nitro groups is 1. The van der Waals surface area contributed by atoms with Crippen LogP contribution >= 0.6 is 11.6 Å². The molecule has 0 aliphatic heterocycles. The van der Waals surface area contributed by atoms with Crippen molar-refractivity contribution in [2.45, 2.75) is 19.4 Å². The van der Waals surface area contributed by atoms with E-state index in [9.17, 15) is 24.5 Å². The van der Waals surface area contributed by atoms with Crippen molar-refractivity contribution >= 4 is 40.1 Å². The normalized spacial score (nSPS) is 11.7.